The average molecular weight is 332 g/mol. The predicted molar refractivity (Wildman–Crippen MR) is 88.0 cm³/mol. The van der Waals surface area contributed by atoms with Crippen molar-refractivity contribution in [3.8, 4) is 11.5 Å². The van der Waals surface area contributed by atoms with Crippen LogP contribution in [0.5, 0.6) is 11.5 Å². The fourth-order valence-corrected chi connectivity index (χ4v) is 3.02. The van der Waals surface area contributed by atoms with Crippen molar-refractivity contribution in [2.45, 2.75) is 13.0 Å². The Labute approximate surface area is 136 Å². The van der Waals surface area contributed by atoms with Gasteiger partial charge in [0.15, 0.2) is 11.5 Å². The van der Waals surface area contributed by atoms with E-state index in [2.05, 4.69) is 9.88 Å². The first-order valence-corrected chi connectivity index (χ1v) is 7.96. The highest BCUT2D eigenvalue weighted by Gasteiger charge is 2.12. The molecule has 0 aliphatic carbocycles. The van der Waals surface area contributed by atoms with E-state index in [-0.39, 0.29) is 17.1 Å². The molecule has 0 fully saturated rings. The van der Waals surface area contributed by atoms with Crippen LogP contribution in [0, 0.1) is 0 Å². The van der Waals surface area contributed by atoms with Gasteiger partial charge >= 0.3 is 5.63 Å². The number of phenolic OH excluding ortho intramolecular Hbond substituents is 2. The minimum atomic E-state index is -0.481. The van der Waals surface area contributed by atoms with Gasteiger partial charge in [-0.15, -0.1) is 11.3 Å². The van der Waals surface area contributed by atoms with Crippen LogP contribution in [0.4, 0.5) is 0 Å². The van der Waals surface area contributed by atoms with E-state index in [0.717, 1.165) is 23.5 Å². The van der Waals surface area contributed by atoms with E-state index >= 15 is 0 Å². The monoisotopic (exact) mass is 332 g/mol. The largest absolute Gasteiger partial charge is 0.504 e. The molecular formula is C16H16N2O4S. The summed E-state index contributed by atoms with van der Waals surface area (Å²) in [6, 6.07) is 4.08. The molecule has 0 saturated carbocycles. The number of rotatable bonds is 5. The average Bonchev–Trinajstić information content (AvgIpc) is 3.00. The Morgan fingerprint density at radius 1 is 1.26 bits per heavy atom. The zero-order valence-corrected chi connectivity index (χ0v) is 13.3. The van der Waals surface area contributed by atoms with E-state index in [1.165, 1.54) is 18.2 Å². The van der Waals surface area contributed by atoms with Crippen molar-refractivity contribution in [3.63, 3.8) is 0 Å². The normalized spacial score (nSPS) is 11.4. The molecule has 0 aliphatic heterocycles. The maximum absolute atomic E-state index is 11.7. The fourth-order valence-electron chi connectivity index (χ4n) is 2.41. The topological polar surface area (TPSA) is 86.8 Å². The molecular weight excluding hydrogens is 316 g/mol. The number of nitrogens with zero attached hydrogens (tertiary/aromatic N) is 2. The lowest BCUT2D eigenvalue weighted by Gasteiger charge is -2.17. The van der Waals surface area contributed by atoms with Crippen LogP contribution in [0.2, 0.25) is 0 Å². The Morgan fingerprint density at radius 3 is 2.78 bits per heavy atom. The van der Waals surface area contributed by atoms with E-state index in [0.29, 0.717) is 11.9 Å². The van der Waals surface area contributed by atoms with Gasteiger partial charge in [-0.3, -0.25) is 0 Å². The molecule has 7 heteroatoms. The number of aromatic hydroxyl groups is 2. The van der Waals surface area contributed by atoms with E-state index in [9.17, 15) is 15.0 Å². The summed E-state index contributed by atoms with van der Waals surface area (Å²) >= 11 is 1.62. The van der Waals surface area contributed by atoms with Crippen molar-refractivity contribution < 1.29 is 14.6 Å². The lowest BCUT2D eigenvalue weighted by molar-refractivity contribution is 0.331. The van der Waals surface area contributed by atoms with Gasteiger partial charge in [0.05, 0.1) is 5.01 Å². The first-order valence-electron chi connectivity index (χ1n) is 7.08. The third kappa shape index (κ3) is 3.52. The van der Waals surface area contributed by atoms with Gasteiger partial charge in [0, 0.05) is 48.6 Å². The second kappa shape index (κ2) is 6.39. The molecule has 2 heterocycles. The van der Waals surface area contributed by atoms with Crippen molar-refractivity contribution in [1.29, 1.82) is 0 Å². The lowest BCUT2D eigenvalue weighted by atomic mass is 10.1. The molecule has 6 nitrogen and oxygen atoms in total. The van der Waals surface area contributed by atoms with E-state index in [1.54, 1.807) is 17.5 Å². The second-order valence-electron chi connectivity index (χ2n) is 5.34. The van der Waals surface area contributed by atoms with Gasteiger partial charge in [-0.05, 0) is 18.7 Å². The van der Waals surface area contributed by atoms with Crippen molar-refractivity contribution in [2.24, 2.45) is 0 Å². The molecule has 0 saturated heterocycles. The molecule has 0 radical (unpaired) electrons. The summed E-state index contributed by atoms with van der Waals surface area (Å²) in [4.78, 5) is 18.0. The first-order chi connectivity index (χ1) is 11.0. The number of aromatic nitrogens is 1. The molecule has 0 amide bonds. The number of phenols is 2. The maximum Gasteiger partial charge on any atom is 0.336 e. The number of fused-ring (bicyclic) bond motifs is 1. The Morgan fingerprint density at radius 2 is 2.04 bits per heavy atom. The standard InChI is InChI=1S/C16H16N2O4S/c1-18(4-2-15-17-3-5-23-15)9-10-6-16(21)22-14-8-13(20)12(19)7-11(10)14/h3,5-8,19-20H,2,4,9H2,1H3. The van der Waals surface area contributed by atoms with Crippen LogP contribution in [0.1, 0.15) is 10.6 Å². The Balaban J connectivity index is 1.84. The van der Waals surface area contributed by atoms with Gasteiger partial charge in [-0.1, -0.05) is 0 Å². The third-order valence-corrected chi connectivity index (χ3v) is 4.40. The highest BCUT2D eigenvalue weighted by atomic mass is 32.1. The zero-order valence-electron chi connectivity index (χ0n) is 12.5. The van der Waals surface area contributed by atoms with Crippen molar-refractivity contribution in [1.82, 2.24) is 9.88 Å². The van der Waals surface area contributed by atoms with Crippen LogP contribution in [0.15, 0.2) is 39.0 Å². The molecule has 0 spiro atoms. The van der Waals surface area contributed by atoms with Gasteiger partial charge in [-0.2, -0.15) is 0 Å². The lowest BCUT2D eigenvalue weighted by Crippen LogP contribution is -2.21. The summed E-state index contributed by atoms with van der Waals surface area (Å²) in [7, 11) is 1.95. The molecule has 0 unspecified atom stereocenters. The predicted octanol–water partition coefficient (Wildman–Crippen LogP) is 2.34. The molecule has 1 aromatic carbocycles. The first kappa shape index (κ1) is 15.5. The van der Waals surface area contributed by atoms with Gasteiger partial charge in [0.25, 0.3) is 0 Å². The summed E-state index contributed by atoms with van der Waals surface area (Å²) in [5.41, 5.74) is 0.523. The molecule has 0 atom stereocenters. The fraction of sp³-hybridized carbons (Fsp3) is 0.250. The summed E-state index contributed by atoms with van der Waals surface area (Å²) in [6.07, 6.45) is 2.62. The quantitative estimate of drug-likeness (QED) is 0.551. The smallest absolute Gasteiger partial charge is 0.336 e. The number of benzene rings is 1. The molecule has 2 aromatic heterocycles. The van der Waals surface area contributed by atoms with Crippen LogP contribution in [-0.4, -0.2) is 33.7 Å². The zero-order chi connectivity index (χ0) is 16.4. The Bertz CT molecular complexity index is 874. The number of hydrogen-bond acceptors (Lipinski definition) is 7. The second-order valence-corrected chi connectivity index (χ2v) is 6.32. The highest BCUT2D eigenvalue weighted by molar-refractivity contribution is 7.09. The van der Waals surface area contributed by atoms with Crippen molar-refractivity contribution in [2.75, 3.05) is 13.6 Å². The molecule has 23 heavy (non-hydrogen) atoms. The molecule has 0 aliphatic rings. The number of likely N-dealkylation sites (N-methyl/N-ethyl adjacent to an activating group) is 1. The number of hydrogen-bond donors (Lipinski definition) is 2. The van der Waals surface area contributed by atoms with Gasteiger partial charge in [0.2, 0.25) is 0 Å². The van der Waals surface area contributed by atoms with Crippen LogP contribution in [0.3, 0.4) is 0 Å². The molecule has 3 aromatic rings. The molecule has 120 valence electrons. The summed E-state index contributed by atoms with van der Waals surface area (Å²) < 4.78 is 5.09. The van der Waals surface area contributed by atoms with Gasteiger partial charge in [0.1, 0.15) is 5.58 Å². The van der Waals surface area contributed by atoms with Crippen molar-refractivity contribution >= 4 is 22.3 Å². The van der Waals surface area contributed by atoms with Crippen LogP contribution >= 0.6 is 11.3 Å². The highest BCUT2D eigenvalue weighted by Crippen LogP contribution is 2.31. The minimum Gasteiger partial charge on any atom is -0.504 e. The SMILES string of the molecule is CN(CCc1nccs1)Cc1cc(=O)oc2cc(O)c(O)cc12. The van der Waals surface area contributed by atoms with Crippen LogP contribution in [-0.2, 0) is 13.0 Å². The van der Waals surface area contributed by atoms with Crippen molar-refractivity contribution in [3.05, 3.63) is 50.8 Å². The molecule has 0 bridgehead atoms. The maximum atomic E-state index is 11.7. The molecule has 2 N–H and O–H groups in total. The summed E-state index contributed by atoms with van der Waals surface area (Å²) in [5.74, 6) is -0.548. The third-order valence-electron chi connectivity index (χ3n) is 3.56. The summed E-state index contributed by atoms with van der Waals surface area (Å²) in [6.45, 7) is 1.32. The van der Waals surface area contributed by atoms with E-state index in [4.69, 9.17) is 4.42 Å². The van der Waals surface area contributed by atoms with Gasteiger partial charge < -0.3 is 19.5 Å². The Hall–Kier alpha value is -2.38. The van der Waals surface area contributed by atoms with Crippen LogP contribution in [0.25, 0.3) is 11.0 Å². The van der Waals surface area contributed by atoms with Crippen LogP contribution < -0.4 is 5.63 Å². The van der Waals surface area contributed by atoms with Gasteiger partial charge in [-0.25, -0.2) is 9.78 Å². The minimum absolute atomic E-state index is 0.238. The summed E-state index contributed by atoms with van der Waals surface area (Å²) in [5, 5.41) is 22.8. The van der Waals surface area contributed by atoms with E-state index in [1.807, 2.05) is 12.4 Å². The van der Waals surface area contributed by atoms with E-state index < -0.39 is 5.63 Å². The number of thiazole rings is 1. The molecule has 3 rings (SSSR count). The Kier molecular flexibility index (Phi) is 4.31.